The zero-order chi connectivity index (χ0) is 17.8. The predicted molar refractivity (Wildman–Crippen MR) is 96.8 cm³/mol. The number of aromatic nitrogens is 2. The second kappa shape index (κ2) is 7.49. The molecule has 0 spiro atoms. The minimum Gasteiger partial charge on any atom is -0.491 e. The van der Waals surface area contributed by atoms with Crippen LogP contribution >= 0.6 is 0 Å². The minimum atomic E-state index is -0.375. The first-order chi connectivity index (χ1) is 12.1. The molecule has 3 rings (SSSR count). The lowest BCUT2D eigenvalue weighted by Crippen LogP contribution is -2.18. The third kappa shape index (κ3) is 3.56. The van der Waals surface area contributed by atoms with Gasteiger partial charge in [0, 0.05) is 12.5 Å². The van der Waals surface area contributed by atoms with E-state index in [2.05, 4.69) is 5.10 Å². The first-order valence-electron chi connectivity index (χ1n) is 8.38. The molecule has 5 heteroatoms. The maximum atomic E-state index is 14.3. The van der Waals surface area contributed by atoms with Crippen LogP contribution in [0.1, 0.15) is 29.8 Å². The molecule has 1 unspecified atom stereocenters. The first kappa shape index (κ1) is 17.2. The fourth-order valence-electron chi connectivity index (χ4n) is 2.98. The van der Waals surface area contributed by atoms with Gasteiger partial charge in [0.25, 0.3) is 0 Å². The van der Waals surface area contributed by atoms with Crippen LogP contribution in [0, 0.1) is 12.7 Å². The second-order valence-corrected chi connectivity index (χ2v) is 5.87. The van der Waals surface area contributed by atoms with Crippen LogP contribution in [0.25, 0.3) is 5.69 Å². The van der Waals surface area contributed by atoms with Gasteiger partial charge < -0.3 is 10.5 Å². The van der Waals surface area contributed by atoms with Crippen molar-refractivity contribution in [2.75, 3.05) is 13.2 Å². The molecule has 0 bridgehead atoms. The summed E-state index contributed by atoms with van der Waals surface area (Å²) in [6.45, 7) is 4.55. The van der Waals surface area contributed by atoms with Crippen LogP contribution in [-0.4, -0.2) is 22.9 Å². The lowest BCUT2D eigenvalue weighted by molar-refractivity contribution is 0.321. The molecule has 0 fully saturated rings. The molecule has 0 aliphatic rings. The molecule has 3 aromatic rings. The Kier molecular flexibility index (Phi) is 5.14. The molecule has 0 aliphatic heterocycles. The maximum Gasteiger partial charge on any atom is 0.165 e. The van der Waals surface area contributed by atoms with Gasteiger partial charge in [-0.05, 0) is 49.7 Å². The molecule has 2 aromatic carbocycles. The summed E-state index contributed by atoms with van der Waals surface area (Å²) >= 11 is 0. The van der Waals surface area contributed by atoms with Gasteiger partial charge in [-0.2, -0.15) is 5.10 Å². The van der Waals surface area contributed by atoms with E-state index in [9.17, 15) is 4.39 Å². The van der Waals surface area contributed by atoms with Crippen LogP contribution in [-0.2, 0) is 0 Å². The SMILES string of the molecule is CCOc1ccc(C(CN)c2cc(C)nn2-c2ccccc2)cc1F. The number of para-hydroxylation sites is 1. The molecule has 130 valence electrons. The summed E-state index contributed by atoms with van der Waals surface area (Å²) in [4.78, 5) is 0. The Morgan fingerprint density at radius 2 is 1.92 bits per heavy atom. The highest BCUT2D eigenvalue weighted by molar-refractivity contribution is 5.40. The Hall–Kier alpha value is -2.66. The van der Waals surface area contributed by atoms with Gasteiger partial charge >= 0.3 is 0 Å². The van der Waals surface area contributed by atoms with E-state index < -0.39 is 0 Å². The highest BCUT2D eigenvalue weighted by atomic mass is 19.1. The lowest BCUT2D eigenvalue weighted by atomic mass is 9.95. The topological polar surface area (TPSA) is 53.1 Å². The van der Waals surface area contributed by atoms with Crippen molar-refractivity contribution in [2.45, 2.75) is 19.8 Å². The van der Waals surface area contributed by atoms with Crippen molar-refractivity contribution >= 4 is 0 Å². The van der Waals surface area contributed by atoms with Crippen LogP contribution in [0.2, 0.25) is 0 Å². The van der Waals surface area contributed by atoms with Crippen molar-refractivity contribution < 1.29 is 9.13 Å². The Morgan fingerprint density at radius 1 is 1.16 bits per heavy atom. The molecule has 0 saturated carbocycles. The second-order valence-electron chi connectivity index (χ2n) is 5.87. The summed E-state index contributed by atoms with van der Waals surface area (Å²) in [5.74, 6) is -0.276. The van der Waals surface area contributed by atoms with Crippen LogP contribution in [0.5, 0.6) is 5.75 Å². The fourth-order valence-corrected chi connectivity index (χ4v) is 2.98. The van der Waals surface area contributed by atoms with Crippen molar-refractivity contribution in [3.05, 3.63) is 77.4 Å². The Balaban J connectivity index is 2.04. The van der Waals surface area contributed by atoms with E-state index in [-0.39, 0.29) is 17.5 Å². The lowest BCUT2D eigenvalue weighted by Gasteiger charge is -2.18. The maximum absolute atomic E-state index is 14.3. The van der Waals surface area contributed by atoms with E-state index in [0.29, 0.717) is 13.2 Å². The molecule has 0 aliphatic carbocycles. The largest absolute Gasteiger partial charge is 0.491 e. The third-order valence-electron chi connectivity index (χ3n) is 4.11. The van der Waals surface area contributed by atoms with E-state index in [4.69, 9.17) is 10.5 Å². The average Bonchev–Trinajstić information content (AvgIpc) is 3.00. The smallest absolute Gasteiger partial charge is 0.165 e. The van der Waals surface area contributed by atoms with Gasteiger partial charge in [-0.1, -0.05) is 24.3 Å². The van der Waals surface area contributed by atoms with Crippen molar-refractivity contribution in [2.24, 2.45) is 5.73 Å². The number of benzene rings is 2. The number of hydrogen-bond acceptors (Lipinski definition) is 3. The van der Waals surface area contributed by atoms with E-state index in [1.807, 2.05) is 61.0 Å². The zero-order valence-corrected chi connectivity index (χ0v) is 14.4. The highest BCUT2D eigenvalue weighted by Gasteiger charge is 2.20. The number of ether oxygens (including phenoxy) is 1. The molecule has 25 heavy (non-hydrogen) atoms. The number of halogens is 1. The van der Waals surface area contributed by atoms with Crippen molar-refractivity contribution in [3.63, 3.8) is 0 Å². The van der Waals surface area contributed by atoms with Crippen molar-refractivity contribution in [1.29, 1.82) is 0 Å². The normalized spacial score (nSPS) is 12.2. The van der Waals surface area contributed by atoms with Crippen LogP contribution in [0.15, 0.2) is 54.6 Å². The van der Waals surface area contributed by atoms with Gasteiger partial charge in [0.15, 0.2) is 11.6 Å². The minimum absolute atomic E-state index is 0.161. The number of rotatable bonds is 6. The van der Waals surface area contributed by atoms with Crippen molar-refractivity contribution in [1.82, 2.24) is 9.78 Å². The number of nitrogens with zero attached hydrogens (tertiary/aromatic N) is 2. The standard InChI is InChI=1S/C20H22FN3O/c1-3-25-20-10-9-15(12-18(20)21)17(13-22)19-11-14(2)23-24(19)16-7-5-4-6-8-16/h4-12,17H,3,13,22H2,1-2H3. The van der Waals surface area contributed by atoms with Gasteiger partial charge in [0.1, 0.15) is 0 Å². The van der Waals surface area contributed by atoms with Gasteiger partial charge in [-0.25, -0.2) is 9.07 Å². The molecular formula is C20H22FN3O. The first-order valence-corrected chi connectivity index (χ1v) is 8.38. The Labute approximate surface area is 147 Å². The summed E-state index contributed by atoms with van der Waals surface area (Å²) in [7, 11) is 0. The molecule has 0 amide bonds. The fraction of sp³-hybridized carbons (Fsp3) is 0.250. The Bertz CT molecular complexity index is 845. The summed E-state index contributed by atoms with van der Waals surface area (Å²) in [6, 6.07) is 16.9. The average molecular weight is 339 g/mol. The summed E-state index contributed by atoms with van der Waals surface area (Å²) in [5.41, 5.74) is 9.64. The highest BCUT2D eigenvalue weighted by Crippen LogP contribution is 2.29. The van der Waals surface area contributed by atoms with Gasteiger partial charge in [0.2, 0.25) is 0 Å². The molecule has 2 N–H and O–H groups in total. The van der Waals surface area contributed by atoms with E-state index in [1.54, 1.807) is 6.07 Å². The summed E-state index contributed by atoms with van der Waals surface area (Å²) in [6.07, 6.45) is 0. The molecule has 1 heterocycles. The van der Waals surface area contributed by atoms with E-state index >= 15 is 0 Å². The number of aryl methyl sites for hydroxylation is 1. The number of hydrogen-bond donors (Lipinski definition) is 1. The van der Waals surface area contributed by atoms with Crippen LogP contribution in [0.4, 0.5) is 4.39 Å². The van der Waals surface area contributed by atoms with Gasteiger partial charge in [-0.15, -0.1) is 0 Å². The molecular weight excluding hydrogens is 317 g/mol. The molecule has 1 aromatic heterocycles. The molecule has 1 atom stereocenters. The third-order valence-corrected chi connectivity index (χ3v) is 4.11. The van der Waals surface area contributed by atoms with E-state index in [0.717, 1.165) is 22.6 Å². The summed E-state index contributed by atoms with van der Waals surface area (Å²) in [5, 5.41) is 4.59. The molecule has 0 saturated heterocycles. The predicted octanol–water partition coefficient (Wildman–Crippen LogP) is 3.81. The zero-order valence-electron chi connectivity index (χ0n) is 14.4. The Morgan fingerprint density at radius 3 is 2.56 bits per heavy atom. The van der Waals surface area contributed by atoms with Crippen LogP contribution in [0.3, 0.4) is 0 Å². The quantitative estimate of drug-likeness (QED) is 0.743. The monoisotopic (exact) mass is 339 g/mol. The van der Waals surface area contributed by atoms with Crippen molar-refractivity contribution in [3.8, 4) is 11.4 Å². The van der Waals surface area contributed by atoms with Gasteiger partial charge in [-0.3, -0.25) is 0 Å². The molecule has 0 radical (unpaired) electrons. The number of nitrogens with two attached hydrogens (primary N) is 1. The van der Waals surface area contributed by atoms with Gasteiger partial charge in [0.05, 0.1) is 23.7 Å². The summed E-state index contributed by atoms with van der Waals surface area (Å²) < 4.78 is 21.5. The van der Waals surface area contributed by atoms with E-state index in [1.165, 1.54) is 6.07 Å². The molecule has 4 nitrogen and oxygen atoms in total. The van der Waals surface area contributed by atoms with Crippen LogP contribution < -0.4 is 10.5 Å².